The average molecular weight is 501 g/mol. The van der Waals surface area contributed by atoms with Gasteiger partial charge in [-0.25, -0.2) is 12.7 Å². The highest BCUT2D eigenvalue weighted by molar-refractivity contribution is 9.10. The van der Waals surface area contributed by atoms with Gasteiger partial charge in [0.05, 0.1) is 22.1 Å². The Hall–Kier alpha value is -1.22. The standard InChI is InChI=1S/C18H15Br2NO4S/c19-11-1-4-14(5-2-11)26(24,25)21-16-6-3-12(20)9-15(16)18(17(21)23)8-7-13(22)10-18/h1-6,9,13,22H,7-8,10H2. The van der Waals surface area contributed by atoms with Gasteiger partial charge >= 0.3 is 0 Å². The van der Waals surface area contributed by atoms with E-state index in [-0.39, 0.29) is 11.3 Å². The highest BCUT2D eigenvalue weighted by Gasteiger charge is 2.57. The van der Waals surface area contributed by atoms with Gasteiger partial charge in [0.1, 0.15) is 0 Å². The Morgan fingerprint density at radius 3 is 2.35 bits per heavy atom. The molecule has 1 aliphatic heterocycles. The Labute approximate surface area is 168 Å². The van der Waals surface area contributed by atoms with Crippen LogP contribution in [0.1, 0.15) is 24.8 Å². The summed E-state index contributed by atoms with van der Waals surface area (Å²) in [5.41, 5.74) is 0.0466. The van der Waals surface area contributed by atoms with Gasteiger partial charge in [-0.15, -0.1) is 0 Å². The van der Waals surface area contributed by atoms with Crippen molar-refractivity contribution in [2.45, 2.75) is 35.7 Å². The molecule has 0 saturated heterocycles. The highest BCUT2D eigenvalue weighted by Crippen LogP contribution is 2.53. The quantitative estimate of drug-likeness (QED) is 0.681. The van der Waals surface area contributed by atoms with Gasteiger partial charge in [-0.3, -0.25) is 4.79 Å². The lowest BCUT2D eigenvalue weighted by Crippen LogP contribution is -2.42. The summed E-state index contributed by atoms with van der Waals surface area (Å²) in [6, 6.07) is 11.4. The zero-order valence-corrected chi connectivity index (χ0v) is 17.5. The van der Waals surface area contributed by atoms with Crippen LogP contribution >= 0.6 is 31.9 Å². The number of sulfonamides is 1. The van der Waals surface area contributed by atoms with Crippen LogP contribution in [0, 0.1) is 0 Å². The number of anilines is 1. The molecule has 1 spiro atoms. The van der Waals surface area contributed by atoms with Crippen LogP contribution in [0.25, 0.3) is 0 Å². The van der Waals surface area contributed by atoms with Gasteiger partial charge in [-0.1, -0.05) is 31.9 Å². The average Bonchev–Trinajstić information content (AvgIpc) is 3.09. The third kappa shape index (κ3) is 2.58. The van der Waals surface area contributed by atoms with E-state index in [1.54, 1.807) is 30.3 Å². The Morgan fingerprint density at radius 2 is 1.73 bits per heavy atom. The zero-order valence-electron chi connectivity index (χ0n) is 13.5. The summed E-state index contributed by atoms with van der Waals surface area (Å²) in [5.74, 6) is -0.481. The second-order valence-electron chi connectivity index (χ2n) is 6.67. The molecular formula is C18H15Br2NO4S. The van der Waals surface area contributed by atoms with Gasteiger partial charge in [-0.2, -0.15) is 0 Å². The molecule has 2 aliphatic rings. The third-order valence-electron chi connectivity index (χ3n) is 5.13. The summed E-state index contributed by atoms with van der Waals surface area (Å²) in [4.78, 5) is 13.4. The summed E-state index contributed by atoms with van der Waals surface area (Å²) >= 11 is 6.69. The molecule has 2 aromatic rings. The van der Waals surface area contributed by atoms with Gasteiger partial charge in [0.15, 0.2) is 0 Å². The van der Waals surface area contributed by atoms with Crippen LogP contribution in [-0.4, -0.2) is 25.5 Å². The van der Waals surface area contributed by atoms with Crippen molar-refractivity contribution in [1.82, 2.24) is 0 Å². The van der Waals surface area contributed by atoms with E-state index >= 15 is 0 Å². The first kappa shape index (κ1) is 18.2. The van der Waals surface area contributed by atoms with Crippen LogP contribution in [-0.2, 0) is 20.2 Å². The molecule has 1 N–H and O–H groups in total. The van der Waals surface area contributed by atoms with Crippen molar-refractivity contribution in [2.24, 2.45) is 0 Å². The van der Waals surface area contributed by atoms with Gasteiger partial charge in [-0.05, 0) is 67.3 Å². The minimum atomic E-state index is -4.05. The summed E-state index contributed by atoms with van der Waals surface area (Å²) in [7, 11) is -4.05. The predicted octanol–water partition coefficient (Wildman–Crippen LogP) is 3.73. The van der Waals surface area contributed by atoms with E-state index in [9.17, 15) is 18.3 Å². The van der Waals surface area contributed by atoms with Gasteiger partial charge in [0.25, 0.3) is 15.9 Å². The van der Waals surface area contributed by atoms with E-state index in [4.69, 9.17) is 0 Å². The fourth-order valence-electron chi connectivity index (χ4n) is 3.90. The minimum Gasteiger partial charge on any atom is -0.393 e. The Balaban J connectivity index is 1.91. The molecule has 1 fully saturated rings. The molecule has 0 radical (unpaired) electrons. The van der Waals surface area contributed by atoms with Crippen LogP contribution in [0.4, 0.5) is 5.69 Å². The lowest BCUT2D eigenvalue weighted by atomic mass is 9.80. The largest absolute Gasteiger partial charge is 0.393 e. The fourth-order valence-corrected chi connectivity index (χ4v) is 6.02. The number of carbonyl (C=O) groups is 1. The van der Waals surface area contributed by atoms with Crippen LogP contribution in [0.15, 0.2) is 56.3 Å². The predicted molar refractivity (Wildman–Crippen MR) is 104 cm³/mol. The number of hydrogen-bond acceptors (Lipinski definition) is 4. The maximum Gasteiger partial charge on any atom is 0.270 e. The maximum absolute atomic E-state index is 13.3. The molecule has 1 saturated carbocycles. The Morgan fingerprint density at radius 1 is 1.08 bits per heavy atom. The summed E-state index contributed by atoms with van der Waals surface area (Å²) in [5, 5.41) is 10.1. The Kier molecular flexibility index (Phi) is 4.30. The number of carbonyl (C=O) groups excluding carboxylic acids is 1. The number of aliphatic hydroxyl groups is 1. The normalized spacial score (nSPS) is 25.1. The molecule has 5 nitrogen and oxygen atoms in total. The van der Waals surface area contributed by atoms with Gasteiger partial charge in [0.2, 0.25) is 0 Å². The second kappa shape index (κ2) is 6.15. The molecule has 1 heterocycles. The van der Waals surface area contributed by atoms with Crippen molar-refractivity contribution in [2.75, 3.05) is 4.31 Å². The molecule has 2 atom stereocenters. The molecule has 1 amide bonds. The molecule has 136 valence electrons. The number of benzene rings is 2. The van der Waals surface area contributed by atoms with Crippen molar-refractivity contribution >= 4 is 53.5 Å². The second-order valence-corrected chi connectivity index (χ2v) is 10.3. The van der Waals surface area contributed by atoms with E-state index in [0.29, 0.717) is 24.1 Å². The molecule has 26 heavy (non-hydrogen) atoms. The molecule has 1 aliphatic carbocycles. The van der Waals surface area contributed by atoms with E-state index < -0.39 is 27.4 Å². The number of nitrogens with zero attached hydrogens (tertiary/aromatic N) is 1. The topological polar surface area (TPSA) is 74.7 Å². The molecule has 0 aromatic heterocycles. The van der Waals surface area contributed by atoms with Crippen molar-refractivity contribution in [3.05, 3.63) is 57.0 Å². The van der Waals surface area contributed by atoms with Crippen LogP contribution in [0.5, 0.6) is 0 Å². The molecule has 0 bridgehead atoms. The van der Waals surface area contributed by atoms with E-state index in [1.807, 2.05) is 0 Å². The van der Waals surface area contributed by atoms with Gasteiger partial charge < -0.3 is 5.11 Å². The maximum atomic E-state index is 13.3. The summed E-state index contributed by atoms with van der Waals surface area (Å²) in [6.45, 7) is 0. The molecule has 2 aromatic carbocycles. The lowest BCUT2D eigenvalue weighted by molar-refractivity contribution is -0.122. The van der Waals surface area contributed by atoms with Crippen molar-refractivity contribution < 1.29 is 18.3 Å². The zero-order chi connectivity index (χ0) is 18.7. The smallest absolute Gasteiger partial charge is 0.270 e. The number of halogens is 2. The van der Waals surface area contributed by atoms with Crippen molar-refractivity contribution in [3.8, 4) is 0 Å². The number of rotatable bonds is 2. The number of hydrogen-bond donors (Lipinski definition) is 1. The number of fused-ring (bicyclic) bond motifs is 2. The fraction of sp³-hybridized carbons (Fsp3) is 0.278. The third-order valence-corrected chi connectivity index (χ3v) is 7.86. The first-order valence-corrected chi connectivity index (χ1v) is 11.1. The number of amides is 1. The minimum absolute atomic E-state index is 0.0542. The SMILES string of the molecule is O=C1N(S(=O)(=O)c2ccc(Br)cc2)c2ccc(Br)cc2C12CCC(O)C2. The molecule has 2 unspecified atom stereocenters. The lowest BCUT2D eigenvalue weighted by Gasteiger charge is -2.23. The van der Waals surface area contributed by atoms with Crippen molar-refractivity contribution in [1.29, 1.82) is 0 Å². The molecular weight excluding hydrogens is 486 g/mol. The van der Waals surface area contributed by atoms with E-state index in [2.05, 4.69) is 31.9 Å². The molecule has 8 heteroatoms. The highest BCUT2D eigenvalue weighted by atomic mass is 79.9. The van der Waals surface area contributed by atoms with Crippen LogP contribution < -0.4 is 4.31 Å². The van der Waals surface area contributed by atoms with Crippen LogP contribution in [0.2, 0.25) is 0 Å². The summed E-state index contributed by atoms with van der Waals surface area (Å²) in [6.07, 6.45) is 0.537. The van der Waals surface area contributed by atoms with Crippen LogP contribution in [0.3, 0.4) is 0 Å². The molecule has 4 rings (SSSR count). The van der Waals surface area contributed by atoms with E-state index in [0.717, 1.165) is 13.3 Å². The first-order chi connectivity index (χ1) is 12.3. The number of aliphatic hydroxyl groups excluding tert-OH is 1. The summed E-state index contributed by atoms with van der Waals surface area (Å²) < 4.78 is 28.9. The van der Waals surface area contributed by atoms with Crippen molar-refractivity contribution in [3.63, 3.8) is 0 Å². The first-order valence-electron chi connectivity index (χ1n) is 8.09. The van der Waals surface area contributed by atoms with E-state index in [1.165, 1.54) is 12.1 Å². The van der Waals surface area contributed by atoms with Gasteiger partial charge in [0, 0.05) is 8.95 Å². The Bertz CT molecular complexity index is 1010. The monoisotopic (exact) mass is 499 g/mol.